The van der Waals surface area contributed by atoms with E-state index in [9.17, 15) is 19.3 Å². The van der Waals surface area contributed by atoms with Crippen molar-refractivity contribution in [2.24, 2.45) is 18.1 Å². The number of pyridine rings is 1. The fourth-order valence-electron chi connectivity index (χ4n) is 4.05. The monoisotopic (exact) mass is 529 g/mol. The van der Waals surface area contributed by atoms with Crippen LogP contribution in [0, 0.1) is 4.91 Å². The number of ether oxygens (including phenoxy) is 1. The van der Waals surface area contributed by atoms with Crippen LogP contribution < -0.4 is 15.6 Å². The van der Waals surface area contributed by atoms with Crippen LogP contribution in [-0.4, -0.2) is 45.5 Å². The Kier molecular flexibility index (Phi) is 8.24. The molecule has 12 heteroatoms. The van der Waals surface area contributed by atoms with E-state index in [0.29, 0.717) is 34.0 Å². The zero-order valence-corrected chi connectivity index (χ0v) is 21.5. The van der Waals surface area contributed by atoms with Gasteiger partial charge in [-0.1, -0.05) is 6.07 Å². The molecule has 2 amide bonds. The minimum absolute atomic E-state index is 0.0150. The summed E-state index contributed by atoms with van der Waals surface area (Å²) in [5, 5.41) is 4.30. The second kappa shape index (κ2) is 11.9. The van der Waals surface area contributed by atoms with Gasteiger partial charge >= 0.3 is 5.97 Å². The van der Waals surface area contributed by atoms with Crippen molar-refractivity contribution in [3.05, 3.63) is 88.7 Å². The molecule has 2 aromatic carbocycles. The Balaban J connectivity index is 1.60. The Morgan fingerprint density at radius 2 is 1.79 bits per heavy atom. The number of benzene rings is 2. The van der Waals surface area contributed by atoms with Gasteiger partial charge in [0.15, 0.2) is 0 Å². The third-order valence-electron chi connectivity index (χ3n) is 6.08. The van der Waals surface area contributed by atoms with Crippen LogP contribution in [0.5, 0.6) is 0 Å². The van der Waals surface area contributed by atoms with Gasteiger partial charge in [0, 0.05) is 30.9 Å². The van der Waals surface area contributed by atoms with Crippen molar-refractivity contribution in [3.63, 3.8) is 0 Å². The molecule has 12 nitrogen and oxygen atoms in total. The van der Waals surface area contributed by atoms with Gasteiger partial charge in [0.2, 0.25) is 5.91 Å². The lowest BCUT2D eigenvalue weighted by molar-refractivity contribution is -0.142. The molecule has 0 unspecified atom stereocenters. The summed E-state index contributed by atoms with van der Waals surface area (Å²) in [6, 6.07) is 16.5. The number of hydrogen-bond acceptors (Lipinski definition) is 8. The van der Waals surface area contributed by atoms with Crippen molar-refractivity contribution in [3.8, 4) is 0 Å². The van der Waals surface area contributed by atoms with Gasteiger partial charge < -0.3 is 15.0 Å². The average molecular weight is 530 g/mol. The predicted octanol–water partition coefficient (Wildman–Crippen LogP) is 3.36. The van der Waals surface area contributed by atoms with E-state index in [0.717, 1.165) is 5.52 Å². The lowest BCUT2D eigenvalue weighted by Crippen LogP contribution is -2.34. The normalized spacial score (nSPS) is 10.7. The van der Waals surface area contributed by atoms with Crippen LogP contribution in [0.25, 0.3) is 11.0 Å². The van der Waals surface area contributed by atoms with Gasteiger partial charge in [-0.15, -0.1) is 4.91 Å². The number of fused-ring (bicyclic) bond motifs is 1. The zero-order valence-electron chi connectivity index (χ0n) is 21.5. The number of imidazole rings is 1. The number of nitrogens with zero attached hydrogens (tertiary/aromatic N) is 6. The summed E-state index contributed by atoms with van der Waals surface area (Å²) in [4.78, 5) is 58.8. The number of nitroso groups, excluding NO2 is 1. The number of esters is 1. The SMILES string of the molecule is CCOC(=O)CCN(C(=O)c1ccc2c(c1)nc(CN(N=O)c1ccc(C(N)=O)cc1)n2C)c1ccccn1. The lowest BCUT2D eigenvalue weighted by atomic mass is 10.1. The predicted molar refractivity (Wildman–Crippen MR) is 145 cm³/mol. The van der Waals surface area contributed by atoms with Gasteiger partial charge in [0.25, 0.3) is 5.91 Å². The van der Waals surface area contributed by atoms with Crippen molar-refractivity contribution in [2.45, 2.75) is 19.9 Å². The number of hydrogen-bond donors (Lipinski definition) is 1. The van der Waals surface area contributed by atoms with E-state index >= 15 is 0 Å². The summed E-state index contributed by atoms with van der Waals surface area (Å²) >= 11 is 0. The smallest absolute Gasteiger partial charge is 0.307 e. The number of amides is 2. The number of rotatable bonds is 11. The van der Waals surface area contributed by atoms with E-state index in [2.05, 4.69) is 15.3 Å². The van der Waals surface area contributed by atoms with Crippen LogP contribution in [0.4, 0.5) is 11.5 Å². The van der Waals surface area contributed by atoms with Gasteiger partial charge in [0.05, 0.1) is 35.0 Å². The highest BCUT2D eigenvalue weighted by Gasteiger charge is 2.22. The highest BCUT2D eigenvalue weighted by atomic mass is 16.5. The average Bonchev–Trinajstić information content (AvgIpc) is 3.26. The summed E-state index contributed by atoms with van der Waals surface area (Å²) in [5.74, 6) is -0.400. The van der Waals surface area contributed by atoms with Crippen LogP contribution >= 0.6 is 0 Å². The quantitative estimate of drug-likeness (QED) is 0.176. The van der Waals surface area contributed by atoms with Gasteiger partial charge in [-0.25, -0.2) is 15.0 Å². The number of carbonyl (C=O) groups is 3. The maximum absolute atomic E-state index is 13.5. The molecule has 4 rings (SSSR count). The van der Waals surface area contributed by atoms with Crippen LogP contribution in [0.1, 0.15) is 39.9 Å². The van der Waals surface area contributed by atoms with Crippen LogP contribution in [-0.2, 0) is 23.1 Å². The topological polar surface area (TPSA) is 153 Å². The van der Waals surface area contributed by atoms with Crippen molar-refractivity contribution in [2.75, 3.05) is 23.1 Å². The molecule has 0 radical (unpaired) electrons. The number of aryl methyl sites for hydroxylation is 1. The first-order valence-electron chi connectivity index (χ1n) is 12.2. The lowest BCUT2D eigenvalue weighted by Gasteiger charge is -2.21. The molecule has 2 N–H and O–H groups in total. The summed E-state index contributed by atoms with van der Waals surface area (Å²) in [5.41, 5.74) is 7.70. The second-order valence-corrected chi connectivity index (χ2v) is 8.54. The Morgan fingerprint density at radius 3 is 2.44 bits per heavy atom. The minimum atomic E-state index is -0.574. The van der Waals surface area contributed by atoms with Crippen molar-refractivity contribution < 1.29 is 19.1 Å². The first-order valence-corrected chi connectivity index (χ1v) is 12.2. The Bertz CT molecular complexity index is 1500. The largest absolute Gasteiger partial charge is 0.466 e. The van der Waals surface area contributed by atoms with Crippen LogP contribution in [0.3, 0.4) is 0 Å². The summed E-state index contributed by atoms with van der Waals surface area (Å²) < 4.78 is 6.81. The number of carbonyl (C=O) groups excluding carboxylic acids is 3. The number of nitrogens with two attached hydrogens (primary N) is 1. The Labute approximate surface area is 223 Å². The first kappa shape index (κ1) is 26.9. The maximum Gasteiger partial charge on any atom is 0.307 e. The fraction of sp³-hybridized carbons (Fsp3) is 0.222. The van der Waals surface area contributed by atoms with Gasteiger partial charge in [-0.3, -0.25) is 19.3 Å². The highest BCUT2D eigenvalue weighted by Crippen LogP contribution is 2.23. The van der Waals surface area contributed by atoms with Crippen LogP contribution in [0.2, 0.25) is 0 Å². The zero-order chi connectivity index (χ0) is 27.9. The fourth-order valence-corrected chi connectivity index (χ4v) is 4.05. The van der Waals surface area contributed by atoms with Gasteiger partial charge in [-0.05, 0) is 61.5 Å². The van der Waals surface area contributed by atoms with E-state index in [4.69, 9.17) is 10.5 Å². The molecule has 2 heterocycles. The molecule has 0 aliphatic heterocycles. The van der Waals surface area contributed by atoms with E-state index < -0.39 is 11.9 Å². The van der Waals surface area contributed by atoms with E-state index in [1.165, 1.54) is 22.0 Å². The Morgan fingerprint density at radius 1 is 1.05 bits per heavy atom. The molecule has 0 spiro atoms. The van der Waals surface area contributed by atoms with Crippen molar-refractivity contribution in [1.29, 1.82) is 0 Å². The first-order chi connectivity index (χ1) is 18.8. The highest BCUT2D eigenvalue weighted by molar-refractivity contribution is 6.07. The van der Waals surface area contributed by atoms with Gasteiger partial charge in [-0.2, -0.15) is 0 Å². The third-order valence-corrected chi connectivity index (χ3v) is 6.08. The molecule has 200 valence electrons. The summed E-state index contributed by atoms with van der Waals surface area (Å²) in [6.07, 6.45) is 1.59. The third kappa shape index (κ3) is 6.06. The summed E-state index contributed by atoms with van der Waals surface area (Å²) in [7, 11) is 1.80. The maximum atomic E-state index is 13.5. The standard InChI is InChI=1S/C27H27N7O5/c1-3-39-25(35)13-15-33(23-6-4-5-14-29-23)27(37)19-9-12-22-21(16-19)30-24(32(22)2)17-34(31-38)20-10-7-18(8-11-20)26(28)36/h4-12,14,16H,3,13,15,17H2,1-2H3,(H2,28,36). The minimum Gasteiger partial charge on any atom is -0.466 e. The molecule has 0 atom stereocenters. The molecule has 39 heavy (non-hydrogen) atoms. The Hall–Kier alpha value is -5.13. The summed E-state index contributed by atoms with van der Waals surface area (Å²) in [6.45, 7) is 2.12. The molecule has 0 aliphatic rings. The number of primary amides is 1. The second-order valence-electron chi connectivity index (χ2n) is 8.54. The number of anilines is 2. The van der Waals surface area contributed by atoms with Gasteiger partial charge in [0.1, 0.15) is 18.2 Å². The van der Waals surface area contributed by atoms with E-state index in [1.807, 2.05) is 0 Å². The van der Waals surface area contributed by atoms with Crippen molar-refractivity contribution in [1.82, 2.24) is 14.5 Å². The molecule has 0 bridgehead atoms. The van der Waals surface area contributed by atoms with Crippen LogP contribution in [0.15, 0.2) is 72.1 Å². The number of aromatic nitrogens is 3. The van der Waals surface area contributed by atoms with E-state index in [-0.39, 0.29) is 32.0 Å². The molecular formula is C27H27N7O5. The molecule has 2 aromatic heterocycles. The van der Waals surface area contributed by atoms with E-state index in [1.54, 1.807) is 73.3 Å². The molecular weight excluding hydrogens is 502 g/mol. The molecule has 0 fully saturated rings. The molecule has 4 aromatic rings. The molecule has 0 saturated carbocycles. The molecule has 0 saturated heterocycles. The van der Waals surface area contributed by atoms with Crippen molar-refractivity contribution >= 4 is 40.3 Å². The molecule has 0 aliphatic carbocycles.